The van der Waals surface area contributed by atoms with Crippen molar-refractivity contribution < 1.29 is 13.2 Å². The number of benzene rings is 1. The average molecular weight is 369 g/mol. The summed E-state index contributed by atoms with van der Waals surface area (Å²) >= 11 is 6.26. The predicted molar refractivity (Wildman–Crippen MR) is 91.0 cm³/mol. The predicted octanol–water partition coefficient (Wildman–Crippen LogP) is 2.22. The highest BCUT2D eigenvalue weighted by molar-refractivity contribution is 7.89. The second-order valence-corrected chi connectivity index (χ2v) is 9.94. The van der Waals surface area contributed by atoms with Gasteiger partial charge in [-0.3, -0.25) is 0 Å². The van der Waals surface area contributed by atoms with Crippen molar-refractivity contribution >= 4 is 21.6 Å². The summed E-state index contributed by atoms with van der Waals surface area (Å²) in [6, 6.07) is 4.17. The van der Waals surface area contributed by atoms with Gasteiger partial charge in [0.15, 0.2) is 0 Å². The number of ether oxygens (including phenoxy) is 1. The molecule has 2 bridgehead atoms. The van der Waals surface area contributed by atoms with E-state index in [0.29, 0.717) is 35.2 Å². The Balaban J connectivity index is 1.45. The SMILES string of the molecule is CC1Cc2cc(S(=O)(=O)N[C@@]34C[C@H]5CC[C@H](N5)[C@@H]3C4)cc(Cl)c2O1. The van der Waals surface area contributed by atoms with Crippen LogP contribution in [0.5, 0.6) is 5.75 Å². The number of nitrogens with one attached hydrogen (secondary N) is 2. The van der Waals surface area contributed by atoms with Gasteiger partial charge in [-0.05, 0) is 50.7 Å². The van der Waals surface area contributed by atoms with E-state index < -0.39 is 10.0 Å². The molecule has 130 valence electrons. The second-order valence-electron chi connectivity index (χ2n) is 7.85. The van der Waals surface area contributed by atoms with Crippen molar-refractivity contribution in [1.29, 1.82) is 0 Å². The van der Waals surface area contributed by atoms with Crippen LogP contribution < -0.4 is 14.8 Å². The number of hydrogen-bond acceptors (Lipinski definition) is 4. The third kappa shape index (κ3) is 2.23. The molecule has 7 heteroatoms. The molecule has 0 amide bonds. The molecule has 3 heterocycles. The summed E-state index contributed by atoms with van der Waals surface area (Å²) in [4.78, 5) is 0.259. The zero-order valence-corrected chi connectivity index (χ0v) is 15.1. The number of rotatable bonds is 3. The summed E-state index contributed by atoms with van der Waals surface area (Å²) in [5.41, 5.74) is 0.635. The van der Waals surface area contributed by atoms with Gasteiger partial charge in [-0.25, -0.2) is 13.1 Å². The summed E-state index contributed by atoms with van der Waals surface area (Å²) < 4.78 is 34.6. The van der Waals surface area contributed by atoms with Gasteiger partial charge < -0.3 is 10.1 Å². The van der Waals surface area contributed by atoms with Crippen LogP contribution >= 0.6 is 11.6 Å². The zero-order valence-electron chi connectivity index (χ0n) is 13.5. The first-order valence-electron chi connectivity index (χ1n) is 8.65. The van der Waals surface area contributed by atoms with Crippen molar-refractivity contribution in [3.63, 3.8) is 0 Å². The van der Waals surface area contributed by atoms with Crippen molar-refractivity contribution in [2.45, 2.75) is 67.6 Å². The lowest BCUT2D eigenvalue weighted by atomic mass is 10.0. The molecule has 2 saturated heterocycles. The summed E-state index contributed by atoms with van der Waals surface area (Å²) in [7, 11) is -3.58. The Morgan fingerprint density at radius 1 is 1.33 bits per heavy atom. The fourth-order valence-electron chi connectivity index (χ4n) is 4.96. The quantitative estimate of drug-likeness (QED) is 0.858. The Morgan fingerprint density at radius 2 is 2.17 bits per heavy atom. The summed E-state index contributed by atoms with van der Waals surface area (Å²) in [6.07, 6.45) is 4.89. The standard InChI is InChI=1S/C17H21ClN2O3S/c1-9-4-10-5-12(6-14(18)16(10)23-9)24(21,22)20-17-7-11-2-3-15(19-11)13(17)8-17/h5-6,9,11,13,15,19-20H,2-4,7-8H2,1H3/t9?,11-,13+,15+,17-/m1/s1. The highest BCUT2D eigenvalue weighted by Crippen LogP contribution is 2.56. The van der Waals surface area contributed by atoms with Gasteiger partial charge in [0.05, 0.1) is 9.92 Å². The van der Waals surface area contributed by atoms with Crippen molar-refractivity contribution in [3.8, 4) is 5.75 Å². The van der Waals surface area contributed by atoms with Gasteiger partial charge in [-0.1, -0.05) is 11.6 Å². The number of fused-ring (bicyclic) bond motifs is 5. The first-order valence-corrected chi connectivity index (χ1v) is 10.5. The van der Waals surface area contributed by atoms with Crippen molar-refractivity contribution in [3.05, 3.63) is 22.7 Å². The smallest absolute Gasteiger partial charge is 0.241 e. The van der Waals surface area contributed by atoms with Crippen LogP contribution in [0.25, 0.3) is 0 Å². The van der Waals surface area contributed by atoms with E-state index >= 15 is 0 Å². The van der Waals surface area contributed by atoms with Crippen LogP contribution in [0.1, 0.15) is 38.2 Å². The lowest BCUT2D eigenvalue weighted by Gasteiger charge is -2.29. The Kier molecular flexibility index (Phi) is 3.14. The highest BCUT2D eigenvalue weighted by Gasteiger charge is 2.64. The number of halogens is 1. The van der Waals surface area contributed by atoms with Crippen molar-refractivity contribution in [2.24, 2.45) is 5.92 Å². The molecule has 2 N–H and O–H groups in total. The Labute approximate surface area is 147 Å². The molecule has 0 radical (unpaired) electrons. The van der Waals surface area contributed by atoms with Crippen molar-refractivity contribution in [2.75, 3.05) is 0 Å². The van der Waals surface area contributed by atoms with Crippen LogP contribution in [0, 0.1) is 5.92 Å². The van der Waals surface area contributed by atoms with Crippen LogP contribution in [-0.4, -0.2) is 32.1 Å². The molecule has 1 unspecified atom stereocenters. The summed E-state index contributed by atoms with van der Waals surface area (Å²) in [6.45, 7) is 1.96. The van der Waals surface area contributed by atoms with E-state index in [0.717, 1.165) is 24.8 Å². The molecule has 0 spiro atoms. The molecule has 3 fully saturated rings. The van der Waals surface area contributed by atoms with Crippen LogP contribution in [0.4, 0.5) is 0 Å². The molecule has 5 rings (SSSR count). The third-order valence-corrected chi connectivity index (χ3v) is 7.89. The maximum atomic E-state index is 13.0. The fourth-order valence-corrected chi connectivity index (χ4v) is 6.85. The van der Waals surface area contributed by atoms with Gasteiger partial charge in [0.1, 0.15) is 11.9 Å². The summed E-state index contributed by atoms with van der Waals surface area (Å²) in [5.74, 6) is 1.06. The average Bonchev–Trinajstić information content (AvgIpc) is 2.85. The lowest BCUT2D eigenvalue weighted by Crippen LogP contribution is -2.50. The minimum absolute atomic E-state index is 0.0369. The van der Waals surface area contributed by atoms with Crippen LogP contribution in [0.2, 0.25) is 5.02 Å². The molecule has 0 aromatic heterocycles. The highest BCUT2D eigenvalue weighted by atomic mass is 35.5. The van der Waals surface area contributed by atoms with E-state index in [-0.39, 0.29) is 16.5 Å². The van der Waals surface area contributed by atoms with Gasteiger partial charge in [0.25, 0.3) is 0 Å². The van der Waals surface area contributed by atoms with Crippen LogP contribution in [-0.2, 0) is 16.4 Å². The van der Waals surface area contributed by atoms with Gasteiger partial charge in [-0.15, -0.1) is 0 Å². The van der Waals surface area contributed by atoms with Crippen LogP contribution in [0.15, 0.2) is 17.0 Å². The third-order valence-electron chi connectivity index (χ3n) is 6.07. The van der Waals surface area contributed by atoms with E-state index in [2.05, 4.69) is 10.0 Å². The molecule has 1 aliphatic carbocycles. The Morgan fingerprint density at radius 3 is 3.00 bits per heavy atom. The molecule has 24 heavy (non-hydrogen) atoms. The van der Waals surface area contributed by atoms with Gasteiger partial charge in [-0.2, -0.15) is 0 Å². The number of sulfonamides is 1. The Hall–Kier alpha value is -0.820. The molecule has 4 aliphatic rings. The monoisotopic (exact) mass is 368 g/mol. The molecule has 1 saturated carbocycles. The first-order chi connectivity index (χ1) is 11.4. The van der Waals surface area contributed by atoms with E-state index in [1.807, 2.05) is 6.92 Å². The molecule has 1 aromatic rings. The minimum Gasteiger partial charge on any atom is -0.489 e. The largest absolute Gasteiger partial charge is 0.489 e. The zero-order chi connectivity index (χ0) is 16.7. The number of hydrogen-bond donors (Lipinski definition) is 2. The maximum absolute atomic E-state index is 13.0. The minimum atomic E-state index is -3.58. The molecular formula is C17H21ClN2O3S. The molecule has 1 aromatic carbocycles. The maximum Gasteiger partial charge on any atom is 0.241 e. The Bertz CT molecular complexity index is 827. The first kappa shape index (κ1) is 15.4. The van der Waals surface area contributed by atoms with Crippen molar-refractivity contribution in [1.82, 2.24) is 10.0 Å². The summed E-state index contributed by atoms with van der Waals surface area (Å²) in [5, 5.41) is 3.99. The lowest BCUT2D eigenvalue weighted by molar-refractivity contribution is 0.255. The fraction of sp³-hybridized carbons (Fsp3) is 0.647. The van der Waals surface area contributed by atoms with Gasteiger partial charge in [0, 0.05) is 29.6 Å². The molecule has 5 nitrogen and oxygen atoms in total. The van der Waals surface area contributed by atoms with Gasteiger partial charge >= 0.3 is 0 Å². The van der Waals surface area contributed by atoms with E-state index in [1.165, 1.54) is 12.5 Å². The number of piperidine rings is 1. The molecule has 5 atom stereocenters. The normalized spacial score (nSPS) is 39.2. The molecular weight excluding hydrogens is 348 g/mol. The van der Waals surface area contributed by atoms with Crippen LogP contribution in [0.3, 0.4) is 0 Å². The van der Waals surface area contributed by atoms with E-state index in [4.69, 9.17) is 16.3 Å². The van der Waals surface area contributed by atoms with E-state index in [1.54, 1.807) is 6.07 Å². The molecule has 3 aliphatic heterocycles. The topological polar surface area (TPSA) is 67.4 Å². The van der Waals surface area contributed by atoms with E-state index in [9.17, 15) is 8.42 Å². The second kappa shape index (κ2) is 4.87. The van der Waals surface area contributed by atoms with Gasteiger partial charge in [0.2, 0.25) is 10.0 Å².